The number of carbonyl (C=O) groups is 1. The van der Waals surface area contributed by atoms with E-state index in [9.17, 15) is 13.2 Å². The van der Waals surface area contributed by atoms with Gasteiger partial charge in [0.1, 0.15) is 5.76 Å². The number of hydrogen-bond donors (Lipinski definition) is 0. The van der Waals surface area contributed by atoms with Gasteiger partial charge in [-0.1, -0.05) is 11.6 Å². The van der Waals surface area contributed by atoms with Gasteiger partial charge in [-0.3, -0.25) is 4.79 Å². The van der Waals surface area contributed by atoms with Crippen LogP contribution in [-0.4, -0.2) is 54.9 Å². The third kappa shape index (κ3) is 6.70. The fourth-order valence-electron chi connectivity index (χ4n) is 3.36. The van der Waals surface area contributed by atoms with E-state index in [4.69, 9.17) is 20.8 Å². The van der Waals surface area contributed by atoms with E-state index in [1.54, 1.807) is 30.4 Å². The van der Waals surface area contributed by atoms with E-state index in [0.717, 1.165) is 5.69 Å². The summed E-state index contributed by atoms with van der Waals surface area (Å²) < 4.78 is 40.3. The highest BCUT2D eigenvalue weighted by Gasteiger charge is 2.29. The van der Waals surface area contributed by atoms with Crippen LogP contribution in [0, 0.1) is 0 Å². The normalized spacial score (nSPS) is 11.8. The predicted molar refractivity (Wildman–Crippen MR) is 125 cm³/mol. The lowest BCUT2D eigenvalue weighted by Gasteiger charge is -2.27. The highest BCUT2D eigenvalue weighted by Crippen LogP contribution is 2.20. The Labute approximate surface area is 199 Å². The number of furan rings is 1. The summed E-state index contributed by atoms with van der Waals surface area (Å²) in [7, 11) is -0.471. The first-order chi connectivity index (χ1) is 15.8. The minimum Gasteiger partial charge on any atom is -0.467 e. The lowest BCUT2D eigenvalue weighted by Crippen LogP contribution is -2.43. The standard InChI is InChI=1S/C23H28ClN3O5S/c1-25-12-3-6-20(25)16-26(17-21-7-4-15-32-21)23(28)18-27(13-5-14-31-2)33(29,30)22-10-8-19(24)9-11-22/h3-4,6-12,15H,5,13-14,16-18H2,1-2H3. The van der Waals surface area contributed by atoms with Crippen molar-refractivity contribution in [3.05, 3.63) is 77.5 Å². The summed E-state index contributed by atoms with van der Waals surface area (Å²) in [5.74, 6) is 0.284. The molecule has 1 amide bonds. The second-order valence-corrected chi connectivity index (χ2v) is 9.95. The molecule has 0 aliphatic carbocycles. The maximum absolute atomic E-state index is 13.4. The van der Waals surface area contributed by atoms with Crippen molar-refractivity contribution in [3.8, 4) is 0 Å². The van der Waals surface area contributed by atoms with Crippen LogP contribution in [0.5, 0.6) is 0 Å². The van der Waals surface area contributed by atoms with E-state index in [1.807, 2.05) is 29.9 Å². The molecule has 178 valence electrons. The molecule has 1 aromatic carbocycles. The number of methoxy groups -OCH3 is 1. The van der Waals surface area contributed by atoms with Crippen molar-refractivity contribution in [2.75, 3.05) is 26.8 Å². The number of amides is 1. The van der Waals surface area contributed by atoms with E-state index in [2.05, 4.69) is 0 Å². The molecule has 0 fully saturated rings. The van der Waals surface area contributed by atoms with Crippen LogP contribution in [-0.2, 0) is 39.7 Å². The van der Waals surface area contributed by atoms with Gasteiger partial charge in [-0.2, -0.15) is 4.31 Å². The van der Waals surface area contributed by atoms with Gasteiger partial charge >= 0.3 is 0 Å². The molecule has 0 atom stereocenters. The fourth-order valence-corrected chi connectivity index (χ4v) is 4.91. The molecule has 0 unspecified atom stereocenters. The van der Waals surface area contributed by atoms with Gasteiger partial charge in [-0.15, -0.1) is 0 Å². The number of rotatable bonds is 12. The monoisotopic (exact) mass is 493 g/mol. The van der Waals surface area contributed by atoms with Gasteiger partial charge in [0, 0.05) is 44.2 Å². The van der Waals surface area contributed by atoms with Gasteiger partial charge in [0.05, 0.1) is 30.8 Å². The number of nitrogens with zero attached hydrogens (tertiary/aromatic N) is 3. The number of ether oxygens (including phenoxy) is 1. The molecule has 0 radical (unpaired) electrons. The number of aromatic nitrogens is 1. The molecule has 0 N–H and O–H groups in total. The lowest BCUT2D eigenvalue weighted by molar-refractivity contribution is -0.133. The van der Waals surface area contributed by atoms with Crippen molar-refractivity contribution < 1.29 is 22.4 Å². The van der Waals surface area contributed by atoms with Gasteiger partial charge in [-0.05, 0) is 55.0 Å². The van der Waals surface area contributed by atoms with Gasteiger partial charge in [0.2, 0.25) is 15.9 Å². The zero-order valence-electron chi connectivity index (χ0n) is 18.7. The molecule has 3 rings (SSSR count). The number of halogens is 1. The molecule has 2 aromatic heterocycles. The summed E-state index contributed by atoms with van der Waals surface area (Å²) in [6, 6.07) is 13.3. The van der Waals surface area contributed by atoms with Crippen LogP contribution in [0.15, 0.2) is 70.3 Å². The Bertz CT molecular complexity index is 1130. The summed E-state index contributed by atoms with van der Waals surface area (Å²) in [6.07, 6.45) is 3.89. The molecule has 0 saturated heterocycles. The number of sulfonamides is 1. The number of hydrogen-bond acceptors (Lipinski definition) is 5. The average molecular weight is 494 g/mol. The Balaban J connectivity index is 1.85. The Morgan fingerprint density at radius 3 is 2.48 bits per heavy atom. The molecule has 2 heterocycles. The van der Waals surface area contributed by atoms with E-state index in [0.29, 0.717) is 30.4 Å². The molecule has 3 aromatic rings. The molecule has 0 aliphatic heterocycles. The summed E-state index contributed by atoms with van der Waals surface area (Å²) in [4.78, 5) is 15.1. The van der Waals surface area contributed by atoms with Crippen molar-refractivity contribution in [3.63, 3.8) is 0 Å². The number of aryl methyl sites for hydroxylation is 1. The molecular weight excluding hydrogens is 466 g/mol. The van der Waals surface area contributed by atoms with Crippen molar-refractivity contribution >= 4 is 27.5 Å². The molecular formula is C23H28ClN3O5S. The Morgan fingerprint density at radius 1 is 1.12 bits per heavy atom. The number of benzene rings is 1. The molecule has 10 heteroatoms. The molecule has 0 aliphatic rings. The van der Waals surface area contributed by atoms with E-state index in [-0.39, 0.29) is 30.4 Å². The smallest absolute Gasteiger partial charge is 0.243 e. The summed E-state index contributed by atoms with van der Waals surface area (Å²) in [5, 5.41) is 0.433. The first kappa shape index (κ1) is 25.0. The Morgan fingerprint density at radius 2 is 1.88 bits per heavy atom. The second kappa shape index (κ2) is 11.5. The van der Waals surface area contributed by atoms with Crippen LogP contribution in [0.1, 0.15) is 17.9 Å². The maximum Gasteiger partial charge on any atom is 0.243 e. The fraction of sp³-hybridized carbons (Fsp3) is 0.348. The van der Waals surface area contributed by atoms with Gasteiger partial charge in [0.25, 0.3) is 0 Å². The highest BCUT2D eigenvalue weighted by molar-refractivity contribution is 7.89. The van der Waals surface area contributed by atoms with Gasteiger partial charge in [0.15, 0.2) is 0 Å². The predicted octanol–water partition coefficient (Wildman–Crippen LogP) is 3.53. The van der Waals surface area contributed by atoms with Crippen molar-refractivity contribution in [2.24, 2.45) is 7.05 Å². The molecule has 0 saturated carbocycles. The number of carbonyl (C=O) groups excluding carboxylic acids is 1. The second-order valence-electron chi connectivity index (χ2n) is 7.58. The van der Waals surface area contributed by atoms with E-state index >= 15 is 0 Å². The molecule has 33 heavy (non-hydrogen) atoms. The van der Waals surface area contributed by atoms with Crippen molar-refractivity contribution in [1.82, 2.24) is 13.8 Å². The quantitative estimate of drug-likeness (QED) is 0.360. The Kier molecular flexibility index (Phi) is 8.74. The molecule has 8 nitrogen and oxygen atoms in total. The Hall–Kier alpha value is -2.59. The summed E-state index contributed by atoms with van der Waals surface area (Å²) in [6.45, 7) is 0.753. The topological polar surface area (TPSA) is 85.0 Å². The van der Waals surface area contributed by atoms with Gasteiger partial charge in [-0.25, -0.2) is 8.42 Å². The van der Waals surface area contributed by atoms with E-state index in [1.165, 1.54) is 28.6 Å². The lowest BCUT2D eigenvalue weighted by atomic mass is 10.3. The zero-order chi connectivity index (χ0) is 23.8. The van der Waals surface area contributed by atoms with Gasteiger partial charge < -0.3 is 18.6 Å². The minimum atomic E-state index is -3.92. The van der Waals surface area contributed by atoms with Crippen LogP contribution in [0.4, 0.5) is 0 Å². The first-order valence-electron chi connectivity index (χ1n) is 10.5. The SMILES string of the molecule is COCCCN(CC(=O)N(Cc1ccco1)Cc1cccn1C)S(=O)(=O)c1ccc(Cl)cc1. The highest BCUT2D eigenvalue weighted by atomic mass is 35.5. The van der Waals surface area contributed by atoms with Crippen LogP contribution in [0.25, 0.3) is 0 Å². The molecule has 0 spiro atoms. The van der Waals surface area contributed by atoms with Crippen LogP contribution in [0.2, 0.25) is 5.02 Å². The van der Waals surface area contributed by atoms with E-state index < -0.39 is 10.0 Å². The molecule has 0 bridgehead atoms. The largest absolute Gasteiger partial charge is 0.467 e. The van der Waals surface area contributed by atoms with Crippen LogP contribution in [0.3, 0.4) is 0 Å². The zero-order valence-corrected chi connectivity index (χ0v) is 20.3. The maximum atomic E-state index is 13.4. The first-order valence-corrected chi connectivity index (χ1v) is 12.3. The third-order valence-corrected chi connectivity index (χ3v) is 7.31. The minimum absolute atomic E-state index is 0.0807. The third-order valence-electron chi connectivity index (χ3n) is 5.20. The average Bonchev–Trinajstić information content (AvgIpc) is 3.44. The summed E-state index contributed by atoms with van der Waals surface area (Å²) >= 11 is 5.92. The van der Waals surface area contributed by atoms with Crippen LogP contribution < -0.4 is 0 Å². The van der Waals surface area contributed by atoms with Crippen molar-refractivity contribution in [2.45, 2.75) is 24.4 Å². The summed E-state index contributed by atoms with van der Waals surface area (Å²) in [5.41, 5.74) is 0.918. The van der Waals surface area contributed by atoms with Crippen LogP contribution >= 0.6 is 11.6 Å². The van der Waals surface area contributed by atoms with Crippen molar-refractivity contribution in [1.29, 1.82) is 0 Å².